The molecule has 0 N–H and O–H groups in total. The average molecular weight is 270 g/mol. The van der Waals surface area contributed by atoms with Crippen LogP contribution in [0.1, 0.15) is 17.7 Å². The summed E-state index contributed by atoms with van der Waals surface area (Å²) in [5, 5.41) is 0. The quantitative estimate of drug-likeness (QED) is 0.470. The van der Waals surface area contributed by atoms with Gasteiger partial charge in [0.1, 0.15) is 5.54 Å². The van der Waals surface area contributed by atoms with Crippen LogP contribution in [-0.4, -0.2) is 24.2 Å². The van der Waals surface area contributed by atoms with Gasteiger partial charge in [-0.05, 0) is 24.1 Å². The Balaban J connectivity index is 2.42. The van der Waals surface area contributed by atoms with E-state index in [0.29, 0.717) is 17.7 Å². The van der Waals surface area contributed by atoms with Gasteiger partial charge in [-0.3, -0.25) is 4.98 Å². The molecule has 0 spiro atoms. The van der Waals surface area contributed by atoms with Gasteiger partial charge in [0.25, 0.3) is 5.90 Å². The predicted octanol–water partition coefficient (Wildman–Crippen LogP) is 3.15. The minimum Gasteiger partial charge on any atom is -0.478 e. The number of pyridine rings is 1. The lowest BCUT2D eigenvalue weighted by molar-refractivity contribution is -0.0762. The number of rotatable bonds is 2. The third kappa shape index (κ3) is 2.47. The van der Waals surface area contributed by atoms with Gasteiger partial charge in [0, 0.05) is 12.6 Å². The maximum Gasteiger partial charge on any atom is 0.468 e. The molecule has 3 nitrogen and oxygen atoms in total. The molecule has 1 atom stereocenters. The molecule has 0 bridgehead atoms. The first-order valence-electron chi connectivity index (χ1n) is 5.62. The van der Waals surface area contributed by atoms with E-state index >= 15 is 0 Å². The van der Waals surface area contributed by atoms with Gasteiger partial charge < -0.3 is 4.74 Å². The lowest BCUT2D eigenvalue weighted by Crippen LogP contribution is -2.27. The van der Waals surface area contributed by atoms with Crippen molar-refractivity contribution in [2.45, 2.75) is 25.1 Å². The Hall–Kier alpha value is -1.85. The van der Waals surface area contributed by atoms with Crippen molar-refractivity contribution in [2.75, 3.05) is 7.11 Å². The monoisotopic (exact) mass is 270 g/mol. The molecule has 1 aliphatic carbocycles. The van der Waals surface area contributed by atoms with E-state index in [-0.39, 0.29) is 0 Å². The third-order valence-corrected chi connectivity index (χ3v) is 2.99. The summed E-state index contributed by atoms with van der Waals surface area (Å²) in [6.45, 7) is 5.57. The summed E-state index contributed by atoms with van der Waals surface area (Å²) >= 11 is 0. The van der Waals surface area contributed by atoms with Crippen LogP contribution < -0.4 is 0 Å². The molecule has 1 aromatic rings. The second-order valence-electron chi connectivity index (χ2n) is 4.48. The Labute approximate surface area is 108 Å². The topological polar surface area (TPSA) is 34.5 Å². The number of hydrogen-bond donors (Lipinski definition) is 0. The molecule has 0 radical (unpaired) electrons. The molecule has 0 saturated heterocycles. The van der Waals surface area contributed by atoms with Crippen molar-refractivity contribution in [1.29, 1.82) is 0 Å². The highest BCUT2D eigenvalue weighted by atomic mass is 19.4. The fourth-order valence-electron chi connectivity index (χ4n) is 1.82. The number of aliphatic imine (C=N–C) groups is 1. The van der Waals surface area contributed by atoms with Gasteiger partial charge in [-0.25, -0.2) is 4.99 Å². The van der Waals surface area contributed by atoms with E-state index in [1.165, 1.54) is 0 Å². The summed E-state index contributed by atoms with van der Waals surface area (Å²) in [4.78, 5) is 7.84. The van der Waals surface area contributed by atoms with Crippen molar-refractivity contribution in [3.05, 3.63) is 41.7 Å². The molecule has 1 unspecified atom stereocenters. The van der Waals surface area contributed by atoms with Gasteiger partial charge in [-0.2, -0.15) is 13.2 Å². The van der Waals surface area contributed by atoms with Crippen LogP contribution in [0.2, 0.25) is 0 Å². The smallest absolute Gasteiger partial charge is 0.468 e. The van der Waals surface area contributed by atoms with Gasteiger partial charge in [-0.15, -0.1) is 0 Å². The van der Waals surface area contributed by atoms with E-state index in [2.05, 4.69) is 21.3 Å². The third-order valence-electron chi connectivity index (χ3n) is 2.99. The Morgan fingerprint density at radius 2 is 2.11 bits per heavy atom. The molecule has 0 amide bonds. The Bertz CT molecular complexity index is 534. The highest BCUT2D eigenvalue weighted by Crippen LogP contribution is 2.54. The highest BCUT2D eigenvalue weighted by Gasteiger charge is 2.53. The normalized spacial score (nSPS) is 23.4. The van der Waals surface area contributed by atoms with Crippen LogP contribution in [0.3, 0.4) is 0 Å². The highest BCUT2D eigenvalue weighted by molar-refractivity contribution is 5.83. The van der Waals surface area contributed by atoms with Gasteiger partial charge in [0.2, 0.25) is 0 Å². The van der Waals surface area contributed by atoms with Crippen molar-refractivity contribution in [2.24, 2.45) is 4.99 Å². The van der Waals surface area contributed by atoms with E-state index < -0.39 is 17.6 Å². The van der Waals surface area contributed by atoms with Crippen molar-refractivity contribution < 1.29 is 17.9 Å². The van der Waals surface area contributed by atoms with E-state index in [1.807, 2.05) is 6.92 Å². The first-order valence-corrected chi connectivity index (χ1v) is 5.62. The lowest BCUT2D eigenvalue weighted by Gasteiger charge is -2.14. The molecule has 1 fully saturated rings. The average Bonchev–Trinajstić information content (AvgIpc) is 2.97. The molecular weight excluding hydrogens is 257 g/mol. The zero-order chi connectivity index (χ0) is 14.3. The first-order chi connectivity index (χ1) is 8.79. The molecular formula is C13H13F3N2O. The standard InChI is InChI=1S/C13H13F3N2O/c1-8-4-5-10(17-7-8)12(6-9(12)2)18-11(19-3)13(14,15)16/h4-5,7H,2,6H2,1,3H3. The van der Waals surface area contributed by atoms with Crippen LogP contribution >= 0.6 is 0 Å². The number of hydrogen-bond acceptors (Lipinski definition) is 3. The van der Waals surface area contributed by atoms with E-state index in [9.17, 15) is 13.2 Å². The van der Waals surface area contributed by atoms with Gasteiger partial charge in [0.05, 0.1) is 12.8 Å². The molecule has 1 saturated carbocycles. The minimum atomic E-state index is -4.62. The molecule has 1 aliphatic rings. The van der Waals surface area contributed by atoms with Gasteiger partial charge in [-0.1, -0.05) is 12.6 Å². The van der Waals surface area contributed by atoms with Crippen LogP contribution in [0.15, 0.2) is 35.5 Å². The van der Waals surface area contributed by atoms with E-state index in [0.717, 1.165) is 12.7 Å². The van der Waals surface area contributed by atoms with Crippen LogP contribution in [-0.2, 0) is 10.3 Å². The second kappa shape index (κ2) is 4.36. The summed E-state index contributed by atoms with van der Waals surface area (Å²) in [5.41, 5.74) is 0.899. The minimum absolute atomic E-state index is 0.353. The zero-order valence-electron chi connectivity index (χ0n) is 10.6. The summed E-state index contributed by atoms with van der Waals surface area (Å²) in [6, 6.07) is 3.45. The molecule has 6 heteroatoms. The fraction of sp³-hybridized carbons (Fsp3) is 0.385. The summed E-state index contributed by atoms with van der Waals surface area (Å²) in [5.74, 6) is -1.26. The van der Waals surface area contributed by atoms with E-state index in [4.69, 9.17) is 0 Å². The van der Waals surface area contributed by atoms with Crippen LogP contribution in [0.4, 0.5) is 13.2 Å². The van der Waals surface area contributed by atoms with Crippen molar-refractivity contribution in [3.63, 3.8) is 0 Å². The van der Waals surface area contributed by atoms with Crippen LogP contribution in [0.25, 0.3) is 0 Å². The molecule has 19 heavy (non-hydrogen) atoms. The van der Waals surface area contributed by atoms with E-state index in [1.54, 1.807) is 18.3 Å². The maximum atomic E-state index is 12.7. The predicted molar refractivity (Wildman–Crippen MR) is 64.9 cm³/mol. The molecule has 1 aromatic heterocycles. The first kappa shape index (κ1) is 13.6. The number of ether oxygens (including phenoxy) is 1. The second-order valence-corrected chi connectivity index (χ2v) is 4.48. The Kier molecular flexibility index (Phi) is 3.12. The number of aryl methyl sites for hydroxylation is 1. The largest absolute Gasteiger partial charge is 0.478 e. The molecule has 0 aliphatic heterocycles. The molecule has 102 valence electrons. The summed E-state index contributed by atoms with van der Waals surface area (Å²) in [7, 11) is 0.952. The van der Waals surface area contributed by atoms with Crippen molar-refractivity contribution in [1.82, 2.24) is 4.98 Å². The number of methoxy groups -OCH3 is 1. The number of alkyl halides is 3. The van der Waals surface area contributed by atoms with Crippen molar-refractivity contribution in [3.8, 4) is 0 Å². The number of nitrogens with zero attached hydrogens (tertiary/aromatic N) is 2. The van der Waals surface area contributed by atoms with Crippen LogP contribution in [0.5, 0.6) is 0 Å². The molecule has 0 aromatic carbocycles. The summed E-state index contributed by atoms with van der Waals surface area (Å²) in [6.07, 6.45) is -2.67. The lowest BCUT2D eigenvalue weighted by atomic mass is 10.1. The van der Waals surface area contributed by atoms with Crippen molar-refractivity contribution >= 4 is 5.90 Å². The number of aromatic nitrogens is 1. The number of halogens is 3. The summed E-state index contributed by atoms with van der Waals surface area (Å²) < 4.78 is 42.4. The zero-order valence-corrected chi connectivity index (χ0v) is 10.6. The van der Waals surface area contributed by atoms with Crippen LogP contribution in [0, 0.1) is 6.92 Å². The maximum absolute atomic E-state index is 12.7. The molecule has 1 heterocycles. The molecule has 2 rings (SSSR count). The Morgan fingerprint density at radius 1 is 1.47 bits per heavy atom. The fourth-order valence-corrected chi connectivity index (χ4v) is 1.82. The SMILES string of the molecule is C=C1CC1(N=C(OC)C(F)(F)F)c1ccc(C)cn1. The Morgan fingerprint density at radius 3 is 2.47 bits per heavy atom. The van der Waals surface area contributed by atoms with Gasteiger partial charge in [0.15, 0.2) is 0 Å². The van der Waals surface area contributed by atoms with Gasteiger partial charge >= 0.3 is 6.18 Å².